The fourth-order valence-electron chi connectivity index (χ4n) is 4.57. The van der Waals surface area contributed by atoms with Gasteiger partial charge in [0.2, 0.25) is 0 Å². The first-order valence-corrected chi connectivity index (χ1v) is 12.1. The van der Waals surface area contributed by atoms with Crippen molar-refractivity contribution in [2.75, 3.05) is 40.3 Å². The number of carbonyl (C=O) groups excluding carboxylic acids is 1. The largest absolute Gasteiger partial charge is 0.497 e. The van der Waals surface area contributed by atoms with Crippen molar-refractivity contribution in [2.24, 2.45) is 0 Å². The van der Waals surface area contributed by atoms with Crippen LogP contribution in [0.1, 0.15) is 29.9 Å². The summed E-state index contributed by atoms with van der Waals surface area (Å²) >= 11 is 12.8. The molecule has 3 heterocycles. The number of carbonyl (C=O) groups is 1. The molecule has 0 atom stereocenters. The van der Waals surface area contributed by atoms with Gasteiger partial charge in [-0.05, 0) is 51.2 Å². The van der Waals surface area contributed by atoms with Crippen LogP contribution in [0, 0.1) is 0 Å². The lowest BCUT2D eigenvalue weighted by molar-refractivity contribution is 0.0639. The summed E-state index contributed by atoms with van der Waals surface area (Å²) in [6, 6.07) is 10.8. The molecule has 0 radical (unpaired) electrons. The average molecular weight is 516 g/mol. The third-order valence-electron chi connectivity index (χ3n) is 6.41. The van der Waals surface area contributed by atoms with Crippen LogP contribution in [-0.4, -0.2) is 65.9 Å². The van der Waals surface area contributed by atoms with E-state index in [1.54, 1.807) is 30.0 Å². The molecule has 2 aromatic carbocycles. The minimum absolute atomic E-state index is 0.288. The molecule has 0 aliphatic carbocycles. The zero-order valence-electron chi connectivity index (χ0n) is 20.1. The molecule has 0 unspecified atom stereocenters. The van der Waals surface area contributed by atoms with E-state index in [2.05, 4.69) is 17.4 Å². The number of methoxy groups -OCH3 is 1. The SMILES string of the molecule is COc1ccc2c(c1)OC(C)(C)c1c(C(=O)NN3CCN(C)CC3)nn(-c3ccc(Cl)cc3Cl)c1-2. The maximum atomic E-state index is 13.6. The highest BCUT2D eigenvalue weighted by Crippen LogP contribution is 2.48. The van der Waals surface area contributed by atoms with Gasteiger partial charge in [0.1, 0.15) is 17.1 Å². The Bertz CT molecular complexity index is 1300. The number of fused-ring (bicyclic) bond motifs is 3. The summed E-state index contributed by atoms with van der Waals surface area (Å²) in [5, 5.41) is 7.67. The molecule has 3 aromatic rings. The molecule has 0 saturated carbocycles. The topological polar surface area (TPSA) is 71.9 Å². The molecule has 1 amide bonds. The van der Waals surface area contributed by atoms with Gasteiger partial charge in [-0.15, -0.1) is 0 Å². The molecule has 2 aliphatic rings. The van der Waals surface area contributed by atoms with Crippen molar-refractivity contribution in [1.82, 2.24) is 25.1 Å². The van der Waals surface area contributed by atoms with Crippen LogP contribution in [-0.2, 0) is 5.60 Å². The summed E-state index contributed by atoms with van der Waals surface area (Å²) < 4.78 is 13.5. The molecule has 1 N–H and O–H groups in total. The molecule has 2 aliphatic heterocycles. The van der Waals surface area contributed by atoms with Crippen molar-refractivity contribution >= 4 is 29.1 Å². The number of rotatable bonds is 4. The van der Waals surface area contributed by atoms with Crippen LogP contribution in [0.3, 0.4) is 0 Å². The molecule has 10 heteroatoms. The van der Waals surface area contributed by atoms with Crippen molar-refractivity contribution in [3.05, 3.63) is 57.7 Å². The first kappa shape index (κ1) is 23.9. The summed E-state index contributed by atoms with van der Waals surface area (Å²) in [5.41, 5.74) is 5.31. The van der Waals surface area contributed by atoms with Gasteiger partial charge in [-0.2, -0.15) is 5.10 Å². The molecule has 1 saturated heterocycles. The summed E-state index contributed by atoms with van der Waals surface area (Å²) in [6.45, 7) is 7.06. The van der Waals surface area contributed by atoms with Crippen LogP contribution in [0.2, 0.25) is 10.0 Å². The third-order valence-corrected chi connectivity index (χ3v) is 6.95. The quantitative estimate of drug-likeness (QED) is 0.556. The van der Waals surface area contributed by atoms with Gasteiger partial charge in [0.15, 0.2) is 5.69 Å². The highest BCUT2D eigenvalue weighted by atomic mass is 35.5. The van der Waals surface area contributed by atoms with Gasteiger partial charge in [0.05, 0.1) is 29.1 Å². The fraction of sp³-hybridized carbons (Fsp3) is 0.360. The summed E-state index contributed by atoms with van der Waals surface area (Å²) in [4.78, 5) is 15.8. The smallest absolute Gasteiger partial charge is 0.286 e. The molecular formula is C25H27Cl2N5O3. The number of hydrazine groups is 1. The Morgan fingerprint density at radius 3 is 2.54 bits per heavy atom. The van der Waals surface area contributed by atoms with E-state index >= 15 is 0 Å². The first-order chi connectivity index (χ1) is 16.7. The van der Waals surface area contributed by atoms with Gasteiger partial charge < -0.3 is 14.4 Å². The first-order valence-electron chi connectivity index (χ1n) is 11.4. The number of likely N-dealkylation sites (N-methyl/N-ethyl adjacent to an activating group) is 1. The number of nitrogens with one attached hydrogen (secondary N) is 1. The van der Waals surface area contributed by atoms with E-state index in [0.717, 1.165) is 37.4 Å². The number of benzene rings is 2. The number of ether oxygens (including phenoxy) is 2. The van der Waals surface area contributed by atoms with Crippen LogP contribution in [0.15, 0.2) is 36.4 Å². The lowest BCUT2D eigenvalue weighted by atomic mass is 9.88. The van der Waals surface area contributed by atoms with Crippen molar-refractivity contribution in [3.63, 3.8) is 0 Å². The van der Waals surface area contributed by atoms with Crippen LogP contribution >= 0.6 is 23.2 Å². The third kappa shape index (κ3) is 4.36. The zero-order chi connectivity index (χ0) is 24.9. The van der Waals surface area contributed by atoms with Gasteiger partial charge >= 0.3 is 0 Å². The van der Waals surface area contributed by atoms with Gasteiger partial charge in [-0.1, -0.05) is 23.2 Å². The lowest BCUT2D eigenvalue weighted by Crippen LogP contribution is -2.52. The summed E-state index contributed by atoms with van der Waals surface area (Å²) in [7, 11) is 3.68. The predicted molar refractivity (Wildman–Crippen MR) is 136 cm³/mol. The van der Waals surface area contributed by atoms with Crippen molar-refractivity contribution in [2.45, 2.75) is 19.4 Å². The summed E-state index contributed by atoms with van der Waals surface area (Å²) in [5.74, 6) is 1.02. The molecular weight excluding hydrogens is 489 g/mol. The molecule has 35 heavy (non-hydrogen) atoms. The second kappa shape index (κ2) is 9.02. The van der Waals surface area contributed by atoms with E-state index in [1.165, 1.54) is 0 Å². The number of hydrogen-bond donors (Lipinski definition) is 1. The normalized spacial score (nSPS) is 17.3. The summed E-state index contributed by atoms with van der Waals surface area (Å²) in [6.07, 6.45) is 0. The predicted octanol–water partition coefficient (Wildman–Crippen LogP) is 4.37. The number of halogens is 2. The molecule has 184 valence electrons. The molecule has 0 spiro atoms. The van der Waals surface area contributed by atoms with E-state index in [1.807, 2.05) is 37.1 Å². The molecule has 1 fully saturated rings. The Morgan fingerprint density at radius 1 is 1.11 bits per heavy atom. The van der Waals surface area contributed by atoms with Crippen LogP contribution < -0.4 is 14.9 Å². The number of hydrogen-bond acceptors (Lipinski definition) is 6. The molecule has 8 nitrogen and oxygen atoms in total. The molecule has 1 aromatic heterocycles. The lowest BCUT2D eigenvalue weighted by Gasteiger charge is -2.34. The van der Waals surface area contributed by atoms with Crippen LogP contribution in [0.5, 0.6) is 11.5 Å². The highest BCUT2D eigenvalue weighted by Gasteiger charge is 2.42. The van der Waals surface area contributed by atoms with Crippen molar-refractivity contribution in [1.29, 1.82) is 0 Å². The fourth-order valence-corrected chi connectivity index (χ4v) is 5.06. The molecule has 5 rings (SSSR count). The number of nitrogens with zero attached hydrogens (tertiary/aromatic N) is 4. The van der Waals surface area contributed by atoms with Gasteiger partial charge in [-0.25, -0.2) is 9.69 Å². The molecule has 0 bridgehead atoms. The van der Waals surface area contributed by atoms with Gasteiger partial charge in [0.25, 0.3) is 5.91 Å². The Kier molecular flexibility index (Phi) is 6.17. The van der Waals surface area contributed by atoms with E-state index in [9.17, 15) is 4.79 Å². The van der Waals surface area contributed by atoms with Gasteiger partial charge in [-0.3, -0.25) is 10.2 Å². The van der Waals surface area contributed by atoms with Crippen LogP contribution in [0.4, 0.5) is 0 Å². The zero-order valence-corrected chi connectivity index (χ0v) is 21.6. The Balaban J connectivity index is 1.68. The highest BCUT2D eigenvalue weighted by molar-refractivity contribution is 6.35. The Hall–Kier alpha value is -2.78. The average Bonchev–Trinajstić information content (AvgIpc) is 3.22. The second-order valence-electron chi connectivity index (χ2n) is 9.29. The van der Waals surface area contributed by atoms with Crippen molar-refractivity contribution in [3.8, 4) is 28.4 Å². The number of amides is 1. The maximum absolute atomic E-state index is 13.6. The van der Waals surface area contributed by atoms with Crippen LogP contribution in [0.25, 0.3) is 16.9 Å². The monoisotopic (exact) mass is 515 g/mol. The maximum Gasteiger partial charge on any atom is 0.286 e. The van der Waals surface area contributed by atoms with E-state index in [0.29, 0.717) is 32.8 Å². The van der Waals surface area contributed by atoms with Crippen molar-refractivity contribution < 1.29 is 14.3 Å². The Morgan fingerprint density at radius 2 is 1.86 bits per heavy atom. The number of piperazine rings is 1. The minimum Gasteiger partial charge on any atom is -0.497 e. The standard InChI is InChI=1S/C25H27Cl2N5O3/c1-25(2)21-22(24(33)29-31-11-9-30(3)10-12-31)28-32(19-8-5-15(26)13-18(19)27)23(21)17-7-6-16(34-4)14-20(17)35-25/h5-8,13-14H,9-12H2,1-4H3,(H,29,33). The second-order valence-corrected chi connectivity index (χ2v) is 10.1. The minimum atomic E-state index is -0.847. The van der Waals surface area contributed by atoms with E-state index in [4.69, 9.17) is 37.8 Å². The van der Waals surface area contributed by atoms with E-state index in [-0.39, 0.29) is 11.6 Å². The number of aromatic nitrogens is 2. The van der Waals surface area contributed by atoms with E-state index < -0.39 is 5.60 Å². The van der Waals surface area contributed by atoms with Gasteiger partial charge in [0, 0.05) is 42.8 Å². The Labute approximate surface area is 214 Å².